The van der Waals surface area contributed by atoms with E-state index in [2.05, 4.69) is 20.9 Å². The van der Waals surface area contributed by atoms with Crippen molar-refractivity contribution in [1.29, 1.82) is 0 Å². The highest BCUT2D eigenvalue weighted by atomic mass is 32.2. The van der Waals surface area contributed by atoms with E-state index in [1.165, 1.54) is 18.7 Å². The van der Waals surface area contributed by atoms with Gasteiger partial charge in [0, 0.05) is 36.5 Å². The van der Waals surface area contributed by atoms with Gasteiger partial charge in [-0.25, -0.2) is 8.42 Å². The van der Waals surface area contributed by atoms with Gasteiger partial charge in [0.2, 0.25) is 5.91 Å². The van der Waals surface area contributed by atoms with E-state index < -0.39 is 9.84 Å². The molecule has 1 saturated heterocycles. The standard InChI is InChI=1S/C16H20N4O4S2/c1-10(21)17-6-7-18-15(22)11-2-4-12(5-3-11)19-16-20-13-8-26(23,24)9-14(13)25-16/h2-5,13-14H,6-9H2,1H3,(H,17,21)(H,18,22)(H,19,20)/t13-,14+/m0/s1. The number of anilines is 1. The average molecular weight is 396 g/mol. The lowest BCUT2D eigenvalue weighted by Crippen LogP contribution is -2.33. The molecule has 10 heteroatoms. The van der Waals surface area contributed by atoms with Crippen LogP contribution in [0.3, 0.4) is 0 Å². The Morgan fingerprint density at radius 2 is 1.85 bits per heavy atom. The second kappa shape index (κ2) is 7.67. The number of aliphatic imine (C=N–C) groups is 1. The summed E-state index contributed by atoms with van der Waals surface area (Å²) in [5.74, 6) is -0.0551. The van der Waals surface area contributed by atoms with Crippen LogP contribution in [-0.2, 0) is 14.6 Å². The quantitative estimate of drug-likeness (QED) is 0.614. The van der Waals surface area contributed by atoms with Crippen molar-refractivity contribution in [3.63, 3.8) is 0 Å². The number of fused-ring (bicyclic) bond motifs is 1. The molecule has 0 unspecified atom stereocenters. The van der Waals surface area contributed by atoms with Crippen molar-refractivity contribution >= 4 is 44.3 Å². The minimum atomic E-state index is -2.95. The Hall–Kier alpha value is -2.07. The fourth-order valence-corrected chi connectivity index (χ4v) is 6.44. The van der Waals surface area contributed by atoms with Crippen LogP contribution in [0.25, 0.3) is 0 Å². The van der Waals surface area contributed by atoms with Crippen molar-refractivity contribution in [2.24, 2.45) is 4.99 Å². The number of amidine groups is 1. The molecule has 0 radical (unpaired) electrons. The number of hydrogen-bond donors (Lipinski definition) is 3. The van der Waals surface area contributed by atoms with Gasteiger partial charge in [-0.3, -0.25) is 14.6 Å². The lowest BCUT2D eigenvalue weighted by atomic mass is 10.2. The molecular formula is C16H20N4O4S2. The Morgan fingerprint density at radius 3 is 2.50 bits per heavy atom. The summed E-state index contributed by atoms with van der Waals surface area (Å²) >= 11 is 1.45. The molecule has 3 rings (SSSR count). The Labute approximate surface area is 156 Å². The van der Waals surface area contributed by atoms with E-state index in [0.29, 0.717) is 23.8 Å². The highest BCUT2D eigenvalue weighted by Crippen LogP contribution is 2.34. The smallest absolute Gasteiger partial charge is 0.251 e. The van der Waals surface area contributed by atoms with Gasteiger partial charge in [-0.05, 0) is 24.3 Å². The van der Waals surface area contributed by atoms with Gasteiger partial charge in [0.25, 0.3) is 5.91 Å². The Balaban J connectivity index is 1.51. The predicted octanol–water partition coefficient (Wildman–Crippen LogP) is 0.233. The molecule has 1 aromatic rings. The minimum Gasteiger partial charge on any atom is -0.355 e. The molecule has 2 amide bonds. The summed E-state index contributed by atoms with van der Waals surface area (Å²) in [6.07, 6.45) is 0. The summed E-state index contributed by atoms with van der Waals surface area (Å²) < 4.78 is 23.2. The van der Waals surface area contributed by atoms with E-state index in [1.807, 2.05) is 0 Å². The topological polar surface area (TPSA) is 117 Å². The number of hydrogen-bond acceptors (Lipinski definition) is 7. The monoisotopic (exact) mass is 396 g/mol. The molecule has 140 valence electrons. The van der Waals surface area contributed by atoms with Gasteiger partial charge >= 0.3 is 0 Å². The van der Waals surface area contributed by atoms with E-state index >= 15 is 0 Å². The van der Waals surface area contributed by atoms with Crippen molar-refractivity contribution < 1.29 is 18.0 Å². The third-order valence-electron chi connectivity index (χ3n) is 4.00. The normalized spacial score (nSPS) is 23.0. The maximum atomic E-state index is 12.0. The molecule has 1 aromatic carbocycles. The number of carbonyl (C=O) groups excluding carboxylic acids is 2. The maximum Gasteiger partial charge on any atom is 0.251 e. The van der Waals surface area contributed by atoms with Crippen LogP contribution in [0.15, 0.2) is 29.3 Å². The zero-order valence-corrected chi connectivity index (χ0v) is 15.8. The Morgan fingerprint density at radius 1 is 1.15 bits per heavy atom. The average Bonchev–Trinajstić information content (AvgIpc) is 3.04. The van der Waals surface area contributed by atoms with Crippen LogP contribution in [0.4, 0.5) is 5.69 Å². The van der Waals surface area contributed by atoms with Crippen molar-refractivity contribution in [3.8, 4) is 0 Å². The Kier molecular flexibility index (Phi) is 5.52. The van der Waals surface area contributed by atoms with Crippen molar-refractivity contribution in [1.82, 2.24) is 10.6 Å². The molecule has 0 bridgehead atoms. The van der Waals surface area contributed by atoms with Crippen molar-refractivity contribution in [2.45, 2.75) is 18.2 Å². The summed E-state index contributed by atoms with van der Waals surface area (Å²) in [5, 5.41) is 9.20. The molecule has 0 spiro atoms. The van der Waals surface area contributed by atoms with E-state index in [0.717, 1.165) is 5.69 Å². The summed E-state index contributed by atoms with van der Waals surface area (Å²) in [6.45, 7) is 2.17. The number of nitrogens with one attached hydrogen (secondary N) is 3. The van der Waals surface area contributed by atoms with E-state index in [9.17, 15) is 18.0 Å². The molecule has 3 N–H and O–H groups in total. The van der Waals surface area contributed by atoms with Gasteiger partial charge in [-0.15, -0.1) is 0 Å². The number of carbonyl (C=O) groups is 2. The van der Waals surface area contributed by atoms with E-state index in [4.69, 9.17) is 0 Å². The summed E-state index contributed by atoms with van der Waals surface area (Å²) in [7, 11) is -2.95. The number of amides is 2. The van der Waals surface area contributed by atoms with E-state index in [-0.39, 0.29) is 34.6 Å². The first-order chi connectivity index (χ1) is 12.3. The van der Waals surface area contributed by atoms with Gasteiger partial charge in [0.15, 0.2) is 15.0 Å². The first kappa shape index (κ1) is 18.7. The summed E-state index contributed by atoms with van der Waals surface area (Å²) in [6, 6.07) is 6.78. The van der Waals surface area contributed by atoms with Crippen LogP contribution in [0.1, 0.15) is 17.3 Å². The van der Waals surface area contributed by atoms with Crippen molar-refractivity contribution in [3.05, 3.63) is 29.8 Å². The lowest BCUT2D eigenvalue weighted by Gasteiger charge is -2.09. The number of rotatable bonds is 5. The first-order valence-corrected chi connectivity index (χ1v) is 10.9. The molecule has 26 heavy (non-hydrogen) atoms. The van der Waals surface area contributed by atoms with Gasteiger partial charge in [-0.2, -0.15) is 0 Å². The predicted molar refractivity (Wildman–Crippen MR) is 102 cm³/mol. The second-order valence-electron chi connectivity index (χ2n) is 6.18. The molecule has 8 nitrogen and oxygen atoms in total. The van der Waals surface area contributed by atoms with Crippen LogP contribution in [0, 0.1) is 0 Å². The van der Waals surface area contributed by atoms with Gasteiger partial charge in [-0.1, -0.05) is 11.8 Å². The lowest BCUT2D eigenvalue weighted by molar-refractivity contribution is -0.118. The molecule has 0 aliphatic carbocycles. The molecule has 1 fully saturated rings. The van der Waals surface area contributed by atoms with Crippen LogP contribution < -0.4 is 16.0 Å². The number of benzene rings is 1. The van der Waals surface area contributed by atoms with Crippen LogP contribution in [0.2, 0.25) is 0 Å². The zero-order chi connectivity index (χ0) is 18.7. The molecule has 0 aromatic heterocycles. The molecule has 2 atom stereocenters. The van der Waals surface area contributed by atoms with Crippen LogP contribution in [-0.4, -0.2) is 61.3 Å². The molecule has 2 aliphatic rings. The molecule has 0 saturated carbocycles. The van der Waals surface area contributed by atoms with Gasteiger partial charge < -0.3 is 16.0 Å². The van der Waals surface area contributed by atoms with Gasteiger partial charge in [0.1, 0.15) is 0 Å². The molecule has 2 aliphatic heterocycles. The van der Waals surface area contributed by atoms with E-state index in [1.54, 1.807) is 24.3 Å². The molecule has 2 heterocycles. The first-order valence-electron chi connectivity index (χ1n) is 8.17. The van der Waals surface area contributed by atoms with Crippen LogP contribution in [0.5, 0.6) is 0 Å². The number of sulfone groups is 1. The van der Waals surface area contributed by atoms with Crippen LogP contribution >= 0.6 is 11.8 Å². The largest absolute Gasteiger partial charge is 0.355 e. The second-order valence-corrected chi connectivity index (χ2v) is 9.56. The van der Waals surface area contributed by atoms with Crippen molar-refractivity contribution in [2.75, 3.05) is 29.9 Å². The highest BCUT2D eigenvalue weighted by molar-refractivity contribution is 8.15. The highest BCUT2D eigenvalue weighted by Gasteiger charge is 2.42. The van der Waals surface area contributed by atoms with Gasteiger partial charge in [0.05, 0.1) is 17.5 Å². The minimum absolute atomic E-state index is 0.00355. The number of nitrogens with zero attached hydrogens (tertiary/aromatic N) is 1. The SMILES string of the molecule is CC(=O)NCCNC(=O)c1ccc(NC2=N[C@H]3CS(=O)(=O)C[C@H]3S2)cc1. The molecular weight excluding hydrogens is 376 g/mol. The fourth-order valence-electron chi connectivity index (χ4n) is 2.76. The maximum absolute atomic E-state index is 12.0. The fraction of sp³-hybridized carbons (Fsp3) is 0.438. The summed E-state index contributed by atoms with van der Waals surface area (Å²) in [4.78, 5) is 27.2. The third-order valence-corrected chi connectivity index (χ3v) is 7.14. The number of thioether (sulfide) groups is 1. The summed E-state index contributed by atoms with van der Waals surface area (Å²) in [5.41, 5.74) is 1.30. The Bertz CT molecular complexity index is 836. The third kappa shape index (κ3) is 4.76. The zero-order valence-electron chi connectivity index (χ0n) is 14.2.